The molecule has 2 aromatic heterocycles. The van der Waals surface area contributed by atoms with Crippen molar-refractivity contribution in [3.05, 3.63) is 24.2 Å². The van der Waals surface area contributed by atoms with Crippen molar-refractivity contribution < 1.29 is 5.11 Å². The molecule has 1 N–H and O–H groups in total. The predicted octanol–water partition coefficient (Wildman–Crippen LogP) is 1.39. The van der Waals surface area contributed by atoms with Gasteiger partial charge in [0.2, 0.25) is 0 Å². The average Bonchev–Trinajstić information content (AvgIpc) is 2.78. The van der Waals surface area contributed by atoms with E-state index in [1.807, 2.05) is 23.7 Å². The zero-order valence-electron chi connectivity index (χ0n) is 10.6. The second-order valence-corrected chi connectivity index (χ2v) is 4.89. The number of anilines is 1. The fraction of sp³-hybridized carbons (Fsp3) is 0.538. The van der Waals surface area contributed by atoms with E-state index in [0.717, 1.165) is 36.4 Å². The summed E-state index contributed by atoms with van der Waals surface area (Å²) in [6, 6.07) is 2.23. The summed E-state index contributed by atoms with van der Waals surface area (Å²) in [5.41, 5.74) is 2.01. The first-order valence-corrected chi connectivity index (χ1v) is 6.48. The Labute approximate surface area is 106 Å². The molecule has 1 aliphatic heterocycles. The molecule has 18 heavy (non-hydrogen) atoms. The maximum Gasteiger partial charge on any atom is 0.155 e. The van der Waals surface area contributed by atoms with Gasteiger partial charge in [0.1, 0.15) is 5.52 Å². The van der Waals surface area contributed by atoms with Crippen molar-refractivity contribution in [2.75, 3.05) is 18.1 Å². The lowest BCUT2D eigenvalue weighted by molar-refractivity contribution is 0.239. The van der Waals surface area contributed by atoms with Crippen LogP contribution in [-0.4, -0.2) is 38.9 Å². The first-order chi connectivity index (χ1) is 8.79. The van der Waals surface area contributed by atoms with Crippen molar-refractivity contribution >= 4 is 11.3 Å². The third-order valence-electron chi connectivity index (χ3n) is 3.60. The highest BCUT2D eigenvalue weighted by Gasteiger charge is 2.24. The summed E-state index contributed by atoms with van der Waals surface area (Å²) in [7, 11) is 0. The summed E-state index contributed by atoms with van der Waals surface area (Å²) in [5, 5.41) is 13.9. The molecule has 3 rings (SSSR count). The van der Waals surface area contributed by atoms with Crippen molar-refractivity contribution in [2.24, 2.45) is 0 Å². The molecule has 96 valence electrons. The van der Waals surface area contributed by atoms with Gasteiger partial charge in [-0.05, 0) is 32.3 Å². The van der Waals surface area contributed by atoms with E-state index in [-0.39, 0.29) is 12.6 Å². The Kier molecular flexibility index (Phi) is 2.91. The van der Waals surface area contributed by atoms with Gasteiger partial charge in [0, 0.05) is 18.9 Å². The second-order valence-electron chi connectivity index (χ2n) is 4.89. The minimum Gasteiger partial charge on any atom is -0.394 e. The van der Waals surface area contributed by atoms with Crippen molar-refractivity contribution in [1.82, 2.24) is 14.6 Å². The van der Waals surface area contributed by atoms with Gasteiger partial charge in [-0.15, -0.1) is 0 Å². The summed E-state index contributed by atoms with van der Waals surface area (Å²) >= 11 is 0. The number of aromatic nitrogens is 3. The number of nitrogens with zero attached hydrogens (tertiary/aromatic N) is 4. The number of aliphatic hydroxyl groups excluding tert-OH is 1. The molecule has 0 radical (unpaired) electrons. The SMILES string of the molecule is Cc1cc2c(N3CCCCC3CO)nccn2n1. The molecule has 3 heterocycles. The van der Waals surface area contributed by atoms with E-state index in [1.165, 1.54) is 6.42 Å². The number of fused-ring (bicyclic) bond motifs is 1. The lowest BCUT2D eigenvalue weighted by Crippen LogP contribution is -2.42. The van der Waals surface area contributed by atoms with Crippen LogP contribution in [0.5, 0.6) is 0 Å². The zero-order chi connectivity index (χ0) is 12.5. The Morgan fingerprint density at radius 1 is 1.44 bits per heavy atom. The minimum absolute atomic E-state index is 0.188. The van der Waals surface area contributed by atoms with Crippen LogP contribution < -0.4 is 4.90 Å². The summed E-state index contributed by atoms with van der Waals surface area (Å²) in [6.45, 7) is 3.13. The van der Waals surface area contributed by atoms with Gasteiger partial charge in [-0.3, -0.25) is 0 Å². The highest BCUT2D eigenvalue weighted by Crippen LogP contribution is 2.26. The predicted molar refractivity (Wildman–Crippen MR) is 69.8 cm³/mol. The van der Waals surface area contributed by atoms with Crippen molar-refractivity contribution in [2.45, 2.75) is 32.2 Å². The standard InChI is InChI=1S/C13H18N4O/c1-10-8-12-13(14-5-7-17(12)15-10)16-6-3-2-4-11(16)9-18/h5,7-8,11,18H,2-4,6,9H2,1H3. The Morgan fingerprint density at radius 3 is 3.17 bits per heavy atom. The smallest absolute Gasteiger partial charge is 0.155 e. The minimum atomic E-state index is 0.188. The van der Waals surface area contributed by atoms with E-state index in [2.05, 4.69) is 15.0 Å². The molecular weight excluding hydrogens is 228 g/mol. The molecule has 1 saturated heterocycles. The maximum atomic E-state index is 9.51. The number of aliphatic hydroxyl groups is 1. The summed E-state index contributed by atoms with van der Waals surface area (Å²) in [6.07, 6.45) is 7.02. The molecule has 1 fully saturated rings. The van der Waals surface area contributed by atoms with Gasteiger partial charge in [0.15, 0.2) is 5.82 Å². The fourth-order valence-electron chi connectivity index (χ4n) is 2.72. The largest absolute Gasteiger partial charge is 0.394 e. The summed E-state index contributed by atoms with van der Waals surface area (Å²) in [4.78, 5) is 6.72. The van der Waals surface area contributed by atoms with Crippen LogP contribution >= 0.6 is 0 Å². The van der Waals surface area contributed by atoms with Crippen LogP contribution in [0.15, 0.2) is 18.5 Å². The van der Waals surface area contributed by atoms with E-state index < -0.39 is 0 Å². The molecule has 2 aromatic rings. The number of rotatable bonds is 2. The topological polar surface area (TPSA) is 53.7 Å². The van der Waals surface area contributed by atoms with Gasteiger partial charge < -0.3 is 10.0 Å². The highest BCUT2D eigenvalue weighted by atomic mass is 16.3. The third-order valence-corrected chi connectivity index (χ3v) is 3.60. The first kappa shape index (κ1) is 11.5. The Hall–Kier alpha value is -1.62. The quantitative estimate of drug-likeness (QED) is 0.870. The number of hydrogen-bond acceptors (Lipinski definition) is 4. The van der Waals surface area contributed by atoms with Crippen molar-refractivity contribution in [1.29, 1.82) is 0 Å². The molecule has 0 aromatic carbocycles. The average molecular weight is 246 g/mol. The molecule has 1 aliphatic rings. The van der Waals surface area contributed by atoms with E-state index in [0.29, 0.717) is 0 Å². The molecule has 0 bridgehead atoms. The Bertz CT molecular complexity index is 551. The van der Waals surface area contributed by atoms with Crippen molar-refractivity contribution in [3.8, 4) is 0 Å². The molecule has 0 saturated carbocycles. The Balaban J connectivity index is 2.06. The summed E-state index contributed by atoms with van der Waals surface area (Å²) in [5.74, 6) is 0.942. The fourth-order valence-corrected chi connectivity index (χ4v) is 2.72. The lowest BCUT2D eigenvalue weighted by atomic mass is 10.0. The molecule has 5 nitrogen and oxygen atoms in total. The van der Waals surface area contributed by atoms with Crippen LogP contribution in [-0.2, 0) is 0 Å². The lowest BCUT2D eigenvalue weighted by Gasteiger charge is -2.35. The molecule has 5 heteroatoms. The maximum absolute atomic E-state index is 9.51. The molecule has 0 spiro atoms. The van der Waals surface area contributed by atoms with Gasteiger partial charge >= 0.3 is 0 Å². The molecule has 1 atom stereocenters. The normalized spacial score (nSPS) is 20.6. The third kappa shape index (κ3) is 1.84. The van der Waals surface area contributed by atoms with Gasteiger partial charge in [0.25, 0.3) is 0 Å². The van der Waals surface area contributed by atoms with Crippen LogP contribution in [0.3, 0.4) is 0 Å². The van der Waals surface area contributed by atoms with Gasteiger partial charge in [0.05, 0.1) is 18.3 Å². The van der Waals surface area contributed by atoms with Crippen LogP contribution in [0.4, 0.5) is 5.82 Å². The summed E-state index contributed by atoms with van der Waals surface area (Å²) < 4.78 is 1.86. The number of aryl methyl sites for hydroxylation is 1. The first-order valence-electron chi connectivity index (χ1n) is 6.48. The molecular formula is C13H18N4O. The molecule has 0 aliphatic carbocycles. The number of piperidine rings is 1. The van der Waals surface area contributed by atoms with E-state index in [4.69, 9.17) is 0 Å². The van der Waals surface area contributed by atoms with E-state index in [1.54, 1.807) is 6.20 Å². The zero-order valence-corrected chi connectivity index (χ0v) is 10.6. The molecule has 1 unspecified atom stereocenters. The van der Waals surface area contributed by atoms with Crippen LogP contribution in [0, 0.1) is 6.92 Å². The van der Waals surface area contributed by atoms with E-state index in [9.17, 15) is 5.11 Å². The number of hydrogen-bond donors (Lipinski definition) is 1. The van der Waals surface area contributed by atoms with E-state index >= 15 is 0 Å². The van der Waals surface area contributed by atoms with Crippen LogP contribution in [0.25, 0.3) is 5.52 Å². The van der Waals surface area contributed by atoms with Gasteiger partial charge in [-0.2, -0.15) is 5.10 Å². The van der Waals surface area contributed by atoms with Crippen LogP contribution in [0.2, 0.25) is 0 Å². The molecule has 0 amide bonds. The van der Waals surface area contributed by atoms with Crippen molar-refractivity contribution in [3.63, 3.8) is 0 Å². The Morgan fingerprint density at radius 2 is 2.33 bits per heavy atom. The van der Waals surface area contributed by atoms with Gasteiger partial charge in [-0.25, -0.2) is 9.50 Å². The second kappa shape index (κ2) is 4.57. The monoisotopic (exact) mass is 246 g/mol. The van der Waals surface area contributed by atoms with Gasteiger partial charge in [-0.1, -0.05) is 0 Å². The van der Waals surface area contributed by atoms with Crippen LogP contribution in [0.1, 0.15) is 25.0 Å². The highest BCUT2D eigenvalue weighted by molar-refractivity contribution is 5.69.